The van der Waals surface area contributed by atoms with Gasteiger partial charge in [-0.2, -0.15) is 0 Å². The average molecular weight is 281 g/mol. The monoisotopic (exact) mass is 281 g/mol. The third-order valence-corrected chi connectivity index (χ3v) is 2.81. The van der Waals surface area contributed by atoms with Crippen LogP contribution in [0, 0.1) is 17.5 Å². The molecule has 0 saturated heterocycles. The highest BCUT2D eigenvalue weighted by Gasteiger charge is 2.20. The molecule has 2 rings (SSSR count). The number of carboxylic acids is 1. The molecule has 0 spiro atoms. The Morgan fingerprint density at radius 2 is 1.60 bits per heavy atom. The number of hydrogen-bond donors (Lipinski definition) is 1. The number of aromatic carboxylic acids is 1. The first-order chi connectivity index (χ1) is 9.41. The van der Waals surface area contributed by atoms with Gasteiger partial charge in [-0.1, -0.05) is 12.1 Å². The predicted octanol–water partition coefficient (Wildman–Crippen LogP) is 3.57. The second-order valence-electron chi connectivity index (χ2n) is 4.10. The van der Waals surface area contributed by atoms with E-state index < -0.39 is 34.7 Å². The zero-order valence-corrected chi connectivity index (χ0v) is 10.4. The molecule has 0 amide bonds. The maximum Gasteiger partial charge on any atom is 0.335 e. The number of rotatable bonds is 3. The molecule has 2 aromatic carbocycles. The molecule has 0 fully saturated rings. The number of carboxylic acid groups (broad SMARTS) is 1. The van der Waals surface area contributed by atoms with Crippen LogP contribution in [0.4, 0.5) is 24.5 Å². The van der Waals surface area contributed by atoms with Gasteiger partial charge in [-0.15, -0.1) is 0 Å². The second kappa shape index (κ2) is 5.24. The Balaban J connectivity index is 2.53. The van der Waals surface area contributed by atoms with Gasteiger partial charge in [0, 0.05) is 7.05 Å². The number of benzene rings is 2. The van der Waals surface area contributed by atoms with Crippen LogP contribution in [0.5, 0.6) is 0 Å². The summed E-state index contributed by atoms with van der Waals surface area (Å²) in [5.74, 6) is -4.24. The average Bonchev–Trinajstić information content (AvgIpc) is 2.38. The summed E-state index contributed by atoms with van der Waals surface area (Å²) in [6.45, 7) is 0. The van der Waals surface area contributed by atoms with Crippen LogP contribution in [0.15, 0.2) is 36.4 Å². The standard InChI is InChI=1S/C14H10F3NO2/c1-18(12-5-3-2-4-9(12)15)13-10(16)6-8(14(19)20)7-11(13)17/h2-7H,1H3,(H,19,20). The van der Waals surface area contributed by atoms with E-state index in [0.29, 0.717) is 12.1 Å². The van der Waals surface area contributed by atoms with E-state index in [4.69, 9.17) is 5.11 Å². The van der Waals surface area contributed by atoms with Gasteiger partial charge < -0.3 is 10.0 Å². The topological polar surface area (TPSA) is 40.5 Å². The minimum absolute atomic E-state index is 0.0200. The van der Waals surface area contributed by atoms with Crippen molar-refractivity contribution in [2.45, 2.75) is 0 Å². The highest BCUT2D eigenvalue weighted by molar-refractivity contribution is 5.88. The van der Waals surface area contributed by atoms with Crippen LogP contribution in [0.3, 0.4) is 0 Å². The van der Waals surface area contributed by atoms with Crippen molar-refractivity contribution < 1.29 is 23.1 Å². The van der Waals surface area contributed by atoms with Crippen molar-refractivity contribution >= 4 is 17.3 Å². The van der Waals surface area contributed by atoms with Gasteiger partial charge in [0.25, 0.3) is 0 Å². The molecule has 0 atom stereocenters. The molecule has 104 valence electrons. The molecular weight excluding hydrogens is 271 g/mol. The molecule has 0 unspecified atom stereocenters. The highest BCUT2D eigenvalue weighted by Crippen LogP contribution is 2.31. The summed E-state index contributed by atoms with van der Waals surface area (Å²) in [6, 6.07) is 6.88. The summed E-state index contributed by atoms with van der Waals surface area (Å²) in [7, 11) is 1.29. The summed E-state index contributed by atoms with van der Waals surface area (Å²) in [4.78, 5) is 11.7. The van der Waals surface area contributed by atoms with Gasteiger partial charge in [0.2, 0.25) is 0 Å². The van der Waals surface area contributed by atoms with Gasteiger partial charge in [-0.05, 0) is 24.3 Å². The van der Waals surface area contributed by atoms with Crippen molar-refractivity contribution in [1.82, 2.24) is 0 Å². The SMILES string of the molecule is CN(c1ccccc1F)c1c(F)cc(C(=O)O)cc1F. The highest BCUT2D eigenvalue weighted by atomic mass is 19.1. The van der Waals surface area contributed by atoms with Crippen molar-refractivity contribution in [3.63, 3.8) is 0 Å². The molecule has 0 heterocycles. The first kappa shape index (κ1) is 13.9. The zero-order chi connectivity index (χ0) is 14.9. The molecule has 0 aliphatic carbocycles. The fourth-order valence-electron chi connectivity index (χ4n) is 1.85. The molecule has 6 heteroatoms. The van der Waals surface area contributed by atoms with Gasteiger partial charge in [0.05, 0.1) is 11.3 Å². The van der Waals surface area contributed by atoms with E-state index in [2.05, 4.69) is 0 Å². The van der Waals surface area contributed by atoms with E-state index in [0.717, 1.165) is 11.0 Å². The van der Waals surface area contributed by atoms with Crippen molar-refractivity contribution in [2.24, 2.45) is 0 Å². The fourth-order valence-corrected chi connectivity index (χ4v) is 1.85. The molecule has 1 N–H and O–H groups in total. The molecule has 0 bridgehead atoms. The van der Waals surface area contributed by atoms with Gasteiger partial charge >= 0.3 is 5.97 Å². The van der Waals surface area contributed by atoms with Crippen molar-refractivity contribution in [3.05, 3.63) is 59.4 Å². The van der Waals surface area contributed by atoms with E-state index in [1.54, 1.807) is 0 Å². The van der Waals surface area contributed by atoms with E-state index in [1.807, 2.05) is 0 Å². The molecule has 2 aromatic rings. The number of carbonyl (C=O) groups is 1. The Morgan fingerprint density at radius 1 is 1.05 bits per heavy atom. The molecule has 3 nitrogen and oxygen atoms in total. The summed E-state index contributed by atoms with van der Waals surface area (Å²) in [6.07, 6.45) is 0. The number of halogens is 3. The van der Waals surface area contributed by atoms with Crippen LogP contribution in [0.1, 0.15) is 10.4 Å². The summed E-state index contributed by atoms with van der Waals surface area (Å²) in [5, 5.41) is 8.72. The van der Waals surface area contributed by atoms with E-state index in [9.17, 15) is 18.0 Å². The van der Waals surface area contributed by atoms with Crippen LogP contribution in [-0.2, 0) is 0 Å². The Morgan fingerprint density at radius 3 is 2.10 bits per heavy atom. The number of hydrogen-bond acceptors (Lipinski definition) is 2. The van der Waals surface area contributed by atoms with Gasteiger partial charge in [0.1, 0.15) is 11.5 Å². The summed E-state index contributed by atoms with van der Waals surface area (Å²) >= 11 is 0. The smallest absolute Gasteiger partial charge is 0.335 e. The maximum absolute atomic E-state index is 13.9. The normalized spacial score (nSPS) is 10.4. The zero-order valence-electron chi connectivity index (χ0n) is 10.4. The Hall–Kier alpha value is -2.50. The predicted molar refractivity (Wildman–Crippen MR) is 67.8 cm³/mol. The molecule has 0 aliphatic rings. The van der Waals surface area contributed by atoms with Gasteiger partial charge in [-0.3, -0.25) is 0 Å². The third kappa shape index (κ3) is 2.45. The Kier molecular flexibility index (Phi) is 3.65. The molecule has 0 saturated carbocycles. The number of nitrogens with zero attached hydrogens (tertiary/aromatic N) is 1. The lowest BCUT2D eigenvalue weighted by molar-refractivity contribution is 0.0696. The van der Waals surface area contributed by atoms with Crippen LogP contribution in [0.2, 0.25) is 0 Å². The molecular formula is C14H10F3NO2. The van der Waals surface area contributed by atoms with E-state index in [-0.39, 0.29) is 5.69 Å². The van der Waals surface area contributed by atoms with Crippen molar-refractivity contribution in [3.8, 4) is 0 Å². The quantitative estimate of drug-likeness (QED) is 0.935. The van der Waals surface area contributed by atoms with Crippen molar-refractivity contribution in [1.29, 1.82) is 0 Å². The molecule has 0 radical (unpaired) electrons. The first-order valence-electron chi connectivity index (χ1n) is 5.62. The van der Waals surface area contributed by atoms with E-state index >= 15 is 0 Å². The summed E-state index contributed by atoms with van der Waals surface area (Å²) < 4.78 is 41.4. The first-order valence-corrected chi connectivity index (χ1v) is 5.62. The lowest BCUT2D eigenvalue weighted by Gasteiger charge is -2.21. The van der Waals surface area contributed by atoms with Gasteiger partial charge in [-0.25, -0.2) is 18.0 Å². The van der Waals surface area contributed by atoms with Crippen LogP contribution < -0.4 is 4.90 Å². The maximum atomic E-state index is 13.9. The second-order valence-corrected chi connectivity index (χ2v) is 4.10. The van der Waals surface area contributed by atoms with E-state index in [1.165, 1.54) is 25.2 Å². The van der Waals surface area contributed by atoms with Crippen LogP contribution in [-0.4, -0.2) is 18.1 Å². The minimum Gasteiger partial charge on any atom is -0.478 e. The lowest BCUT2D eigenvalue weighted by Crippen LogP contribution is -2.15. The Labute approximate surface area is 112 Å². The number of anilines is 2. The molecule has 0 aromatic heterocycles. The van der Waals surface area contributed by atoms with Gasteiger partial charge in [0.15, 0.2) is 11.6 Å². The van der Waals surface area contributed by atoms with Crippen LogP contribution >= 0.6 is 0 Å². The molecule has 0 aliphatic heterocycles. The summed E-state index contributed by atoms with van der Waals surface area (Å²) in [5.41, 5.74) is -1.04. The lowest BCUT2D eigenvalue weighted by atomic mass is 10.1. The third-order valence-electron chi connectivity index (χ3n) is 2.81. The minimum atomic E-state index is -1.44. The largest absolute Gasteiger partial charge is 0.478 e. The molecule has 20 heavy (non-hydrogen) atoms. The van der Waals surface area contributed by atoms with Crippen LogP contribution in [0.25, 0.3) is 0 Å². The van der Waals surface area contributed by atoms with Crippen molar-refractivity contribution in [2.75, 3.05) is 11.9 Å². The fraction of sp³-hybridized carbons (Fsp3) is 0.0714. The Bertz CT molecular complexity index is 650. The number of para-hydroxylation sites is 1.